The molecule has 0 aliphatic rings. The highest BCUT2D eigenvalue weighted by molar-refractivity contribution is 6.43. The van der Waals surface area contributed by atoms with Crippen LogP contribution in [-0.4, -0.2) is 12.5 Å². The number of nitrogens with one attached hydrogen (secondary N) is 1. The first kappa shape index (κ1) is 17.7. The van der Waals surface area contributed by atoms with E-state index in [4.69, 9.17) is 39.5 Å². The van der Waals surface area contributed by atoms with Gasteiger partial charge in [0.05, 0.1) is 20.8 Å². The Balaban J connectivity index is 2.04. The highest BCUT2D eigenvalue weighted by Crippen LogP contribution is 2.33. The first-order chi connectivity index (χ1) is 10.8. The Morgan fingerprint density at radius 2 is 1.65 bits per heavy atom. The average molecular weight is 385 g/mol. The Morgan fingerprint density at radius 1 is 1.00 bits per heavy atom. The summed E-state index contributed by atoms with van der Waals surface area (Å²) in [5, 5.41) is 2.53. The van der Waals surface area contributed by atoms with Gasteiger partial charge in [-0.2, -0.15) is 0 Å². The maximum absolute atomic E-state index is 13.4. The summed E-state index contributed by atoms with van der Waals surface area (Å²) in [5.41, 5.74) is -0.516. The quantitative estimate of drug-likeness (QED) is 0.589. The van der Waals surface area contributed by atoms with E-state index < -0.39 is 35.7 Å². The Labute approximate surface area is 143 Å². The van der Waals surface area contributed by atoms with Gasteiger partial charge in [0.15, 0.2) is 24.1 Å². The van der Waals surface area contributed by atoms with E-state index in [1.165, 1.54) is 12.1 Å². The molecule has 2 rings (SSSR count). The third kappa shape index (κ3) is 4.22. The molecule has 0 bridgehead atoms. The van der Waals surface area contributed by atoms with Crippen molar-refractivity contribution in [3.8, 4) is 5.75 Å². The fourth-order valence-corrected chi connectivity index (χ4v) is 2.16. The van der Waals surface area contributed by atoms with Crippen molar-refractivity contribution in [3.63, 3.8) is 0 Å². The standard InChI is InChI=1S/C14H7Cl3F3NO2/c15-6-3-8(17)11(4-7(6)16)23-5-12(22)21-10-2-1-9(18)13(19)14(10)20/h1-4H,5H2,(H,21,22). The Kier molecular flexibility index (Phi) is 5.62. The van der Waals surface area contributed by atoms with Crippen LogP contribution in [0.4, 0.5) is 18.9 Å². The number of rotatable bonds is 4. The zero-order valence-electron chi connectivity index (χ0n) is 11.1. The van der Waals surface area contributed by atoms with E-state index >= 15 is 0 Å². The van der Waals surface area contributed by atoms with Gasteiger partial charge in [0.1, 0.15) is 5.75 Å². The van der Waals surface area contributed by atoms with Crippen LogP contribution in [0, 0.1) is 17.5 Å². The van der Waals surface area contributed by atoms with E-state index in [1.54, 1.807) is 0 Å². The normalized spacial score (nSPS) is 10.5. The first-order valence-electron chi connectivity index (χ1n) is 6.00. The number of halogens is 6. The zero-order chi connectivity index (χ0) is 17.1. The molecule has 0 spiro atoms. The summed E-state index contributed by atoms with van der Waals surface area (Å²) < 4.78 is 44.4. The predicted octanol–water partition coefficient (Wildman–Crippen LogP) is 5.08. The molecule has 0 heterocycles. The lowest BCUT2D eigenvalue weighted by molar-refractivity contribution is -0.118. The maximum Gasteiger partial charge on any atom is 0.262 e. The van der Waals surface area contributed by atoms with Gasteiger partial charge in [-0.15, -0.1) is 0 Å². The van der Waals surface area contributed by atoms with Crippen molar-refractivity contribution in [2.75, 3.05) is 11.9 Å². The molecule has 23 heavy (non-hydrogen) atoms. The number of benzene rings is 2. The van der Waals surface area contributed by atoms with Crippen LogP contribution in [0.5, 0.6) is 5.75 Å². The minimum absolute atomic E-state index is 0.0852. The largest absolute Gasteiger partial charge is 0.482 e. The van der Waals surface area contributed by atoms with Crippen molar-refractivity contribution in [3.05, 3.63) is 56.8 Å². The lowest BCUT2D eigenvalue weighted by atomic mass is 10.3. The van der Waals surface area contributed by atoms with Crippen molar-refractivity contribution in [1.82, 2.24) is 0 Å². The third-order valence-corrected chi connectivity index (χ3v) is 3.66. The fraction of sp³-hybridized carbons (Fsp3) is 0.0714. The minimum Gasteiger partial charge on any atom is -0.482 e. The van der Waals surface area contributed by atoms with Crippen LogP contribution in [0.25, 0.3) is 0 Å². The molecule has 3 nitrogen and oxygen atoms in total. The summed E-state index contributed by atoms with van der Waals surface area (Å²) in [6, 6.07) is 4.20. The lowest BCUT2D eigenvalue weighted by Crippen LogP contribution is -2.21. The molecule has 2 aromatic rings. The molecular weight excluding hydrogens is 378 g/mol. The van der Waals surface area contributed by atoms with Gasteiger partial charge in [-0.25, -0.2) is 13.2 Å². The van der Waals surface area contributed by atoms with Crippen LogP contribution in [0.2, 0.25) is 15.1 Å². The van der Waals surface area contributed by atoms with Crippen molar-refractivity contribution in [2.45, 2.75) is 0 Å². The van der Waals surface area contributed by atoms with Crippen LogP contribution >= 0.6 is 34.8 Å². The molecule has 9 heteroatoms. The summed E-state index contributed by atoms with van der Waals surface area (Å²) in [6.45, 7) is -0.559. The summed E-state index contributed by atoms with van der Waals surface area (Å²) in [5.74, 6) is -5.28. The van der Waals surface area contributed by atoms with Crippen molar-refractivity contribution >= 4 is 46.4 Å². The second kappa shape index (κ2) is 7.29. The number of anilines is 1. The van der Waals surface area contributed by atoms with Gasteiger partial charge >= 0.3 is 0 Å². The maximum atomic E-state index is 13.4. The van der Waals surface area contributed by atoms with E-state index in [2.05, 4.69) is 0 Å². The molecule has 0 aliphatic carbocycles. The Bertz CT molecular complexity index is 771. The van der Waals surface area contributed by atoms with Crippen LogP contribution in [0.3, 0.4) is 0 Å². The van der Waals surface area contributed by atoms with Gasteiger partial charge in [-0.3, -0.25) is 4.79 Å². The molecule has 0 aliphatic heterocycles. The van der Waals surface area contributed by atoms with Crippen LogP contribution in [0.1, 0.15) is 0 Å². The summed E-state index contributed by atoms with van der Waals surface area (Å²) in [6.07, 6.45) is 0. The van der Waals surface area contributed by atoms with Crippen molar-refractivity contribution in [2.24, 2.45) is 0 Å². The van der Waals surface area contributed by atoms with Gasteiger partial charge in [0.25, 0.3) is 5.91 Å². The van der Waals surface area contributed by atoms with Gasteiger partial charge in [-0.1, -0.05) is 34.8 Å². The van der Waals surface area contributed by atoms with Crippen LogP contribution in [-0.2, 0) is 4.79 Å². The summed E-state index contributed by atoms with van der Waals surface area (Å²) >= 11 is 17.4. The first-order valence-corrected chi connectivity index (χ1v) is 7.13. The number of hydrogen-bond acceptors (Lipinski definition) is 2. The molecular formula is C14H7Cl3F3NO2. The summed E-state index contributed by atoms with van der Waals surface area (Å²) in [7, 11) is 0. The summed E-state index contributed by atoms with van der Waals surface area (Å²) in [4.78, 5) is 11.7. The highest BCUT2D eigenvalue weighted by atomic mass is 35.5. The minimum atomic E-state index is -1.68. The molecule has 122 valence electrons. The van der Waals surface area contributed by atoms with Gasteiger partial charge < -0.3 is 10.1 Å². The molecule has 1 amide bonds. The van der Waals surface area contributed by atoms with Crippen molar-refractivity contribution < 1.29 is 22.7 Å². The van der Waals surface area contributed by atoms with Crippen LogP contribution in [0.15, 0.2) is 24.3 Å². The SMILES string of the molecule is O=C(COc1cc(Cl)c(Cl)cc1Cl)Nc1ccc(F)c(F)c1F. The Hall–Kier alpha value is -1.63. The molecule has 2 aromatic carbocycles. The molecule has 0 atom stereocenters. The molecule has 0 fully saturated rings. The number of amides is 1. The fourth-order valence-electron chi connectivity index (χ4n) is 1.57. The van der Waals surface area contributed by atoms with Gasteiger partial charge in [0, 0.05) is 6.07 Å². The van der Waals surface area contributed by atoms with Crippen molar-refractivity contribution in [1.29, 1.82) is 0 Å². The van der Waals surface area contributed by atoms with E-state index in [1.807, 2.05) is 5.32 Å². The van der Waals surface area contributed by atoms with Gasteiger partial charge in [0.2, 0.25) is 0 Å². The number of carbonyl (C=O) groups is 1. The molecule has 1 N–H and O–H groups in total. The lowest BCUT2D eigenvalue weighted by Gasteiger charge is -2.10. The molecule has 0 aromatic heterocycles. The highest BCUT2D eigenvalue weighted by Gasteiger charge is 2.16. The second-order valence-corrected chi connectivity index (χ2v) is 5.48. The van der Waals surface area contributed by atoms with E-state index in [0.29, 0.717) is 6.07 Å². The number of ether oxygens (including phenoxy) is 1. The van der Waals surface area contributed by atoms with Crippen LogP contribution < -0.4 is 10.1 Å². The van der Waals surface area contributed by atoms with E-state index in [9.17, 15) is 18.0 Å². The number of carbonyl (C=O) groups excluding carboxylic acids is 1. The molecule has 0 unspecified atom stereocenters. The molecule has 0 radical (unpaired) electrons. The molecule has 0 saturated heterocycles. The van der Waals surface area contributed by atoms with E-state index in [0.717, 1.165) is 6.07 Å². The van der Waals surface area contributed by atoms with Gasteiger partial charge in [-0.05, 0) is 18.2 Å². The van der Waals surface area contributed by atoms with E-state index in [-0.39, 0.29) is 20.8 Å². The molecule has 0 saturated carbocycles. The average Bonchev–Trinajstić information content (AvgIpc) is 2.50. The zero-order valence-corrected chi connectivity index (χ0v) is 13.4. The third-order valence-electron chi connectivity index (χ3n) is 2.64. The Morgan fingerprint density at radius 3 is 2.35 bits per heavy atom. The topological polar surface area (TPSA) is 38.3 Å². The monoisotopic (exact) mass is 383 g/mol. The second-order valence-electron chi connectivity index (χ2n) is 4.26. The smallest absolute Gasteiger partial charge is 0.262 e. The number of hydrogen-bond donors (Lipinski definition) is 1. The predicted molar refractivity (Wildman–Crippen MR) is 81.9 cm³/mol.